The van der Waals surface area contributed by atoms with E-state index in [1.54, 1.807) is 0 Å². The number of aliphatic hydroxyl groups excluding tert-OH is 3. The van der Waals surface area contributed by atoms with Gasteiger partial charge in [-0.05, 0) is 12.8 Å². The molecule has 0 saturated carbocycles. The van der Waals surface area contributed by atoms with Gasteiger partial charge in [-0.25, -0.2) is 0 Å². The predicted octanol–water partition coefficient (Wildman–Crippen LogP) is -1.06. The zero-order valence-corrected chi connectivity index (χ0v) is 7.80. The summed E-state index contributed by atoms with van der Waals surface area (Å²) in [7, 11) is 0. The maximum Gasteiger partial charge on any atom is 0.0967 e. The van der Waals surface area contributed by atoms with Crippen molar-refractivity contribution in [2.45, 2.75) is 50.2 Å². The van der Waals surface area contributed by atoms with Gasteiger partial charge >= 0.3 is 0 Å². The molecule has 2 aliphatic heterocycles. The molecule has 0 aromatic rings. The highest BCUT2D eigenvalue weighted by molar-refractivity contribution is 5.04. The monoisotopic (exact) mass is 187 g/mol. The van der Waals surface area contributed by atoms with E-state index in [0.29, 0.717) is 13.0 Å². The summed E-state index contributed by atoms with van der Waals surface area (Å²) in [5.74, 6) is 0. The molecule has 0 amide bonds. The van der Waals surface area contributed by atoms with Crippen molar-refractivity contribution in [3.8, 4) is 0 Å². The number of rotatable bonds is 1. The van der Waals surface area contributed by atoms with E-state index in [1.165, 1.54) is 0 Å². The van der Waals surface area contributed by atoms with Gasteiger partial charge in [-0.1, -0.05) is 6.92 Å². The number of aliphatic hydroxyl groups is 3. The average molecular weight is 187 g/mol. The Balaban J connectivity index is 2.13. The summed E-state index contributed by atoms with van der Waals surface area (Å²) in [4.78, 5) is 2.04. The molecular formula is C9H17NO3. The maximum absolute atomic E-state index is 9.66. The highest BCUT2D eigenvalue weighted by Gasteiger charge is 2.49. The van der Waals surface area contributed by atoms with Crippen LogP contribution in [0.25, 0.3) is 0 Å². The van der Waals surface area contributed by atoms with E-state index in [0.717, 1.165) is 6.42 Å². The first kappa shape index (κ1) is 9.40. The second-order valence-corrected chi connectivity index (χ2v) is 4.10. The van der Waals surface area contributed by atoms with Crippen LogP contribution in [0.5, 0.6) is 0 Å². The molecule has 76 valence electrons. The van der Waals surface area contributed by atoms with Crippen molar-refractivity contribution in [2.24, 2.45) is 0 Å². The standard InChI is InChI=1S/C9H17NO3/c1-2-5-7(11)3-6-9(13)8(12)4-10(5)6/h5-9,11-13H,2-4H2,1H3. The van der Waals surface area contributed by atoms with Crippen LogP contribution >= 0.6 is 0 Å². The topological polar surface area (TPSA) is 63.9 Å². The van der Waals surface area contributed by atoms with Crippen LogP contribution in [0.3, 0.4) is 0 Å². The fourth-order valence-corrected chi connectivity index (χ4v) is 2.70. The normalized spacial score (nSPS) is 51.2. The zero-order valence-electron chi connectivity index (χ0n) is 7.80. The van der Waals surface area contributed by atoms with Crippen molar-refractivity contribution < 1.29 is 15.3 Å². The van der Waals surface area contributed by atoms with Crippen LogP contribution in [0.1, 0.15) is 19.8 Å². The molecule has 2 fully saturated rings. The molecule has 2 aliphatic rings. The number of hydrogen-bond acceptors (Lipinski definition) is 4. The van der Waals surface area contributed by atoms with Crippen LogP contribution in [0, 0.1) is 0 Å². The molecule has 0 aliphatic carbocycles. The summed E-state index contributed by atoms with van der Waals surface area (Å²) >= 11 is 0. The molecule has 4 nitrogen and oxygen atoms in total. The Labute approximate surface area is 77.8 Å². The van der Waals surface area contributed by atoms with Gasteiger partial charge in [0.05, 0.1) is 18.3 Å². The summed E-state index contributed by atoms with van der Waals surface area (Å²) in [6.07, 6.45) is -0.178. The van der Waals surface area contributed by atoms with Gasteiger partial charge in [-0.15, -0.1) is 0 Å². The lowest BCUT2D eigenvalue weighted by Gasteiger charge is -2.23. The molecule has 0 aromatic heterocycles. The second kappa shape index (κ2) is 3.20. The zero-order chi connectivity index (χ0) is 9.59. The molecule has 4 heteroatoms. The quantitative estimate of drug-likeness (QED) is 0.489. The van der Waals surface area contributed by atoms with Gasteiger partial charge in [0.2, 0.25) is 0 Å². The van der Waals surface area contributed by atoms with E-state index in [2.05, 4.69) is 0 Å². The third-order valence-electron chi connectivity index (χ3n) is 3.38. The smallest absolute Gasteiger partial charge is 0.0967 e. The molecule has 5 unspecified atom stereocenters. The first-order chi connectivity index (χ1) is 6.15. The molecule has 5 atom stereocenters. The minimum atomic E-state index is -0.675. The van der Waals surface area contributed by atoms with Crippen LogP contribution < -0.4 is 0 Å². The molecule has 0 spiro atoms. The molecule has 2 saturated heterocycles. The highest BCUT2D eigenvalue weighted by Crippen LogP contribution is 2.34. The lowest BCUT2D eigenvalue weighted by molar-refractivity contribution is 0.0332. The molecule has 3 N–H and O–H groups in total. The minimum Gasteiger partial charge on any atom is -0.391 e. The van der Waals surface area contributed by atoms with Gasteiger partial charge in [0.15, 0.2) is 0 Å². The summed E-state index contributed by atoms with van der Waals surface area (Å²) in [5.41, 5.74) is 0. The van der Waals surface area contributed by atoms with Gasteiger partial charge in [0.1, 0.15) is 0 Å². The van der Waals surface area contributed by atoms with Crippen molar-refractivity contribution >= 4 is 0 Å². The van der Waals surface area contributed by atoms with Crippen molar-refractivity contribution in [1.82, 2.24) is 4.90 Å². The summed E-state index contributed by atoms with van der Waals surface area (Å²) in [5, 5.41) is 28.7. The van der Waals surface area contributed by atoms with Crippen LogP contribution in [-0.2, 0) is 0 Å². The number of hydrogen-bond donors (Lipinski definition) is 3. The first-order valence-corrected chi connectivity index (χ1v) is 4.95. The molecule has 13 heavy (non-hydrogen) atoms. The lowest BCUT2D eigenvalue weighted by atomic mass is 10.0. The largest absolute Gasteiger partial charge is 0.391 e. The van der Waals surface area contributed by atoms with Crippen molar-refractivity contribution in [2.75, 3.05) is 6.54 Å². The lowest BCUT2D eigenvalue weighted by Crippen LogP contribution is -2.36. The number of nitrogens with zero attached hydrogens (tertiary/aromatic N) is 1. The van der Waals surface area contributed by atoms with Gasteiger partial charge in [-0.2, -0.15) is 0 Å². The van der Waals surface area contributed by atoms with Gasteiger partial charge in [-0.3, -0.25) is 4.90 Å². The Kier molecular flexibility index (Phi) is 2.32. The highest BCUT2D eigenvalue weighted by atomic mass is 16.3. The summed E-state index contributed by atoms with van der Waals surface area (Å²) in [6.45, 7) is 2.52. The van der Waals surface area contributed by atoms with E-state index in [4.69, 9.17) is 0 Å². The Morgan fingerprint density at radius 1 is 1.23 bits per heavy atom. The maximum atomic E-state index is 9.66. The van der Waals surface area contributed by atoms with Crippen molar-refractivity contribution in [3.05, 3.63) is 0 Å². The minimum absolute atomic E-state index is 0.0325. The van der Waals surface area contributed by atoms with Crippen molar-refractivity contribution in [3.63, 3.8) is 0 Å². The van der Waals surface area contributed by atoms with Crippen LogP contribution in [-0.4, -0.2) is 57.2 Å². The molecule has 2 rings (SSSR count). The molecule has 2 heterocycles. The fraction of sp³-hybridized carbons (Fsp3) is 1.00. The molecular weight excluding hydrogens is 170 g/mol. The van der Waals surface area contributed by atoms with Crippen molar-refractivity contribution in [1.29, 1.82) is 0 Å². The van der Waals surface area contributed by atoms with E-state index in [1.807, 2.05) is 11.8 Å². The Bertz CT molecular complexity index is 199. The Morgan fingerprint density at radius 2 is 1.92 bits per heavy atom. The Morgan fingerprint density at radius 3 is 2.54 bits per heavy atom. The van der Waals surface area contributed by atoms with Crippen LogP contribution in [0.2, 0.25) is 0 Å². The van der Waals surface area contributed by atoms with Gasteiger partial charge in [0.25, 0.3) is 0 Å². The predicted molar refractivity (Wildman–Crippen MR) is 47.2 cm³/mol. The van der Waals surface area contributed by atoms with E-state index in [9.17, 15) is 15.3 Å². The third-order valence-corrected chi connectivity index (χ3v) is 3.38. The van der Waals surface area contributed by atoms with Crippen LogP contribution in [0.15, 0.2) is 0 Å². The first-order valence-electron chi connectivity index (χ1n) is 4.95. The molecule has 0 bridgehead atoms. The SMILES string of the molecule is CCC1C(O)CC2C(O)C(O)CN12. The van der Waals surface area contributed by atoms with E-state index < -0.39 is 12.2 Å². The van der Waals surface area contributed by atoms with Gasteiger partial charge in [0, 0.05) is 18.6 Å². The summed E-state index contributed by atoms with van der Waals surface area (Å²) in [6, 6.07) is 0.0896. The van der Waals surface area contributed by atoms with E-state index >= 15 is 0 Å². The Hall–Kier alpha value is -0.160. The molecule has 0 aromatic carbocycles. The summed E-state index contributed by atoms with van der Waals surface area (Å²) < 4.78 is 0. The second-order valence-electron chi connectivity index (χ2n) is 4.10. The van der Waals surface area contributed by atoms with E-state index in [-0.39, 0.29) is 18.2 Å². The average Bonchev–Trinajstić information content (AvgIpc) is 2.52. The van der Waals surface area contributed by atoms with Crippen LogP contribution in [0.4, 0.5) is 0 Å². The fourth-order valence-electron chi connectivity index (χ4n) is 2.70. The molecule has 0 radical (unpaired) electrons. The number of fused-ring (bicyclic) bond motifs is 1. The van der Waals surface area contributed by atoms with Gasteiger partial charge < -0.3 is 15.3 Å². The third kappa shape index (κ3) is 1.29.